The predicted octanol–water partition coefficient (Wildman–Crippen LogP) is 4.53. The molecule has 5 nitrogen and oxygen atoms in total. The number of rotatable bonds is 3. The topological polar surface area (TPSA) is 63.5 Å². The van der Waals surface area contributed by atoms with Gasteiger partial charge in [-0.15, -0.1) is 0 Å². The summed E-state index contributed by atoms with van der Waals surface area (Å²) in [6, 6.07) is 23.6. The zero-order valence-electron chi connectivity index (χ0n) is 14.6. The van der Waals surface area contributed by atoms with E-state index in [0.717, 1.165) is 28.0 Å². The van der Waals surface area contributed by atoms with Gasteiger partial charge in [0.25, 0.3) is 11.6 Å². The summed E-state index contributed by atoms with van der Waals surface area (Å²) in [5.41, 5.74) is 4.77. The van der Waals surface area contributed by atoms with Crippen LogP contribution >= 0.6 is 0 Å². The van der Waals surface area contributed by atoms with Gasteiger partial charge in [-0.25, -0.2) is 0 Å². The maximum absolute atomic E-state index is 13.1. The van der Waals surface area contributed by atoms with Gasteiger partial charge in [0.05, 0.1) is 16.2 Å². The molecular formula is C22H16N2O3. The summed E-state index contributed by atoms with van der Waals surface area (Å²) < 4.78 is 0. The van der Waals surface area contributed by atoms with Crippen molar-refractivity contribution in [1.29, 1.82) is 0 Å². The van der Waals surface area contributed by atoms with E-state index in [1.165, 1.54) is 12.1 Å². The molecule has 1 heterocycles. The van der Waals surface area contributed by atoms with Crippen molar-refractivity contribution in [3.8, 4) is 0 Å². The number of amides is 1. The van der Waals surface area contributed by atoms with Crippen LogP contribution in [0.3, 0.4) is 0 Å². The van der Waals surface area contributed by atoms with Gasteiger partial charge in [-0.1, -0.05) is 48.5 Å². The number of nitro benzene ring substituents is 1. The normalized spacial score (nSPS) is 14.9. The highest BCUT2D eigenvalue weighted by molar-refractivity contribution is 6.38. The Labute approximate surface area is 156 Å². The highest BCUT2D eigenvalue weighted by Crippen LogP contribution is 2.42. The molecule has 0 saturated carbocycles. The quantitative estimate of drug-likeness (QED) is 0.393. The third-order valence-electron chi connectivity index (χ3n) is 4.73. The van der Waals surface area contributed by atoms with Gasteiger partial charge >= 0.3 is 0 Å². The number of non-ortho nitro benzene ring substituents is 1. The number of carbonyl (C=O) groups is 1. The van der Waals surface area contributed by atoms with Crippen LogP contribution < -0.4 is 4.90 Å². The average Bonchev–Trinajstić information content (AvgIpc) is 2.95. The zero-order chi connectivity index (χ0) is 19.0. The molecule has 4 rings (SSSR count). The second-order valence-electron chi connectivity index (χ2n) is 6.30. The van der Waals surface area contributed by atoms with Crippen molar-refractivity contribution >= 4 is 28.4 Å². The van der Waals surface area contributed by atoms with Crippen molar-refractivity contribution in [2.45, 2.75) is 0 Å². The summed E-state index contributed by atoms with van der Waals surface area (Å²) in [5, 5.41) is 11.0. The van der Waals surface area contributed by atoms with E-state index in [4.69, 9.17) is 0 Å². The van der Waals surface area contributed by atoms with Gasteiger partial charge in [0.2, 0.25) is 0 Å². The number of hydrogen-bond donors (Lipinski definition) is 0. The predicted molar refractivity (Wildman–Crippen MR) is 105 cm³/mol. The lowest BCUT2D eigenvalue weighted by Gasteiger charge is -2.13. The standard InChI is InChI=1S/C22H16N2O3/c1-23-19-10-6-5-9-18(19)21(22(23)25)20(15-7-3-2-4-8-15)16-11-13-17(14-12-16)24(26)27/h2-14H,1H3/b21-20-. The average molecular weight is 356 g/mol. The number of carbonyl (C=O) groups excluding carboxylic acids is 1. The minimum absolute atomic E-state index is 0.0198. The van der Waals surface area contributed by atoms with E-state index in [9.17, 15) is 14.9 Å². The number of nitrogens with zero attached hydrogens (tertiary/aromatic N) is 2. The number of para-hydroxylation sites is 1. The lowest BCUT2D eigenvalue weighted by molar-refractivity contribution is -0.384. The zero-order valence-corrected chi connectivity index (χ0v) is 14.6. The molecule has 0 bridgehead atoms. The Morgan fingerprint density at radius 1 is 0.852 bits per heavy atom. The van der Waals surface area contributed by atoms with Crippen LogP contribution in [0.2, 0.25) is 0 Å². The molecule has 1 aliphatic rings. The summed E-state index contributed by atoms with van der Waals surface area (Å²) >= 11 is 0. The first-order valence-corrected chi connectivity index (χ1v) is 8.50. The van der Waals surface area contributed by atoms with Gasteiger partial charge in [0.1, 0.15) is 0 Å². The van der Waals surface area contributed by atoms with Crippen LogP contribution in [0.1, 0.15) is 16.7 Å². The van der Waals surface area contributed by atoms with Crippen LogP contribution in [0.5, 0.6) is 0 Å². The summed E-state index contributed by atoms with van der Waals surface area (Å²) in [4.78, 5) is 25.3. The Hall–Kier alpha value is -3.73. The van der Waals surface area contributed by atoms with E-state index in [1.807, 2.05) is 54.6 Å². The van der Waals surface area contributed by atoms with Gasteiger partial charge in [0, 0.05) is 30.3 Å². The molecule has 27 heavy (non-hydrogen) atoms. The smallest absolute Gasteiger partial charge is 0.269 e. The fraction of sp³-hybridized carbons (Fsp3) is 0.0455. The summed E-state index contributed by atoms with van der Waals surface area (Å²) in [5.74, 6) is -0.0894. The van der Waals surface area contributed by atoms with Gasteiger partial charge < -0.3 is 4.90 Å². The molecule has 0 aromatic heterocycles. The number of benzene rings is 3. The maximum Gasteiger partial charge on any atom is 0.269 e. The highest BCUT2D eigenvalue weighted by atomic mass is 16.6. The Balaban J connectivity index is 2.01. The lowest BCUT2D eigenvalue weighted by Crippen LogP contribution is -2.20. The number of fused-ring (bicyclic) bond motifs is 1. The van der Waals surface area contributed by atoms with Crippen molar-refractivity contribution in [1.82, 2.24) is 0 Å². The van der Waals surface area contributed by atoms with E-state index < -0.39 is 4.92 Å². The molecule has 0 fully saturated rings. The molecule has 0 unspecified atom stereocenters. The molecule has 1 amide bonds. The van der Waals surface area contributed by atoms with Crippen LogP contribution in [0.25, 0.3) is 11.1 Å². The molecular weight excluding hydrogens is 340 g/mol. The molecule has 1 aliphatic heterocycles. The van der Waals surface area contributed by atoms with Gasteiger partial charge in [-0.2, -0.15) is 0 Å². The molecule has 3 aromatic rings. The third-order valence-corrected chi connectivity index (χ3v) is 4.73. The first-order chi connectivity index (χ1) is 13.1. The number of anilines is 1. The molecule has 3 aromatic carbocycles. The van der Waals surface area contributed by atoms with Crippen molar-refractivity contribution in [2.24, 2.45) is 0 Å². The monoisotopic (exact) mass is 356 g/mol. The molecule has 0 N–H and O–H groups in total. The Morgan fingerprint density at radius 2 is 1.44 bits per heavy atom. The van der Waals surface area contributed by atoms with Crippen LogP contribution in [0.4, 0.5) is 11.4 Å². The van der Waals surface area contributed by atoms with Crippen molar-refractivity contribution in [2.75, 3.05) is 11.9 Å². The van der Waals surface area contributed by atoms with Crippen LogP contribution in [-0.2, 0) is 4.79 Å². The third kappa shape index (κ3) is 2.79. The van der Waals surface area contributed by atoms with Gasteiger partial charge in [0.15, 0.2) is 0 Å². The van der Waals surface area contributed by atoms with Crippen molar-refractivity contribution < 1.29 is 9.72 Å². The maximum atomic E-state index is 13.1. The van der Waals surface area contributed by atoms with Crippen molar-refractivity contribution in [3.63, 3.8) is 0 Å². The lowest BCUT2D eigenvalue weighted by atomic mass is 9.90. The second kappa shape index (κ2) is 6.53. The highest BCUT2D eigenvalue weighted by Gasteiger charge is 2.32. The van der Waals surface area contributed by atoms with Crippen LogP contribution in [-0.4, -0.2) is 17.9 Å². The molecule has 132 valence electrons. The fourth-order valence-electron chi connectivity index (χ4n) is 3.42. The molecule has 0 spiro atoms. The second-order valence-corrected chi connectivity index (χ2v) is 6.30. The van der Waals surface area contributed by atoms with E-state index >= 15 is 0 Å². The first-order valence-electron chi connectivity index (χ1n) is 8.50. The molecule has 0 atom stereocenters. The van der Waals surface area contributed by atoms with Gasteiger partial charge in [-0.05, 0) is 29.3 Å². The number of likely N-dealkylation sites (N-methyl/N-ethyl adjacent to an activating group) is 1. The van der Waals surface area contributed by atoms with E-state index in [2.05, 4.69) is 0 Å². The summed E-state index contributed by atoms with van der Waals surface area (Å²) in [6.45, 7) is 0. The first kappa shape index (κ1) is 16.7. The van der Waals surface area contributed by atoms with Crippen molar-refractivity contribution in [3.05, 3.63) is 106 Å². The fourth-order valence-corrected chi connectivity index (χ4v) is 3.42. The SMILES string of the molecule is CN1C(=O)/C(=C(/c2ccccc2)c2ccc([N+](=O)[O-])cc2)c2ccccc21. The summed E-state index contributed by atoms with van der Waals surface area (Å²) in [7, 11) is 1.76. The van der Waals surface area contributed by atoms with Crippen LogP contribution in [0.15, 0.2) is 78.9 Å². The number of nitro groups is 1. The Morgan fingerprint density at radius 3 is 2.11 bits per heavy atom. The van der Waals surface area contributed by atoms with E-state index in [-0.39, 0.29) is 11.6 Å². The minimum atomic E-state index is -0.428. The largest absolute Gasteiger partial charge is 0.311 e. The molecule has 5 heteroatoms. The van der Waals surface area contributed by atoms with Crippen LogP contribution in [0, 0.1) is 10.1 Å². The molecule has 0 radical (unpaired) electrons. The molecule has 0 aliphatic carbocycles. The number of hydrogen-bond acceptors (Lipinski definition) is 3. The van der Waals surface area contributed by atoms with Gasteiger partial charge in [-0.3, -0.25) is 14.9 Å². The minimum Gasteiger partial charge on any atom is -0.311 e. The summed E-state index contributed by atoms with van der Waals surface area (Å²) in [6.07, 6.45) is 0. The van der Waals surface area contributed by atoms with E-state index in [1.54, 1.807) is 24.1 Å². The molecule has 0 saturated heterocycles. The Bertz CT molecular complexity index is 1070. The van der Waals surface area contributed by atoms with E-state index in [0.29, 0.717) is 5.57 Å². The Kier molecular flexibility index (Phi) is 4.05.